The topological polar surface area (TPSA) is 103 Å². The molecule has 1 saturated heterocycles. The molecular weight excluding hydrogens is 326 g/mol. The summed E-state index contributed by atoms with van der Waals surface area (Å²) < 4.78 is 7.21. The molecule has 0 aromatic carbocycles. The molecule has 9 heteroatoms. The van der Waals surface area contributed by atoms with Crippen molar-refractivity contribution in [2.45, 2.75) is 32.4 Å². The monoisotopic (exact) mass is 345 g/mol. The molecule has 0 aliphatic carbocycles. The van der Waals surface area contributed by atoms with Crippen molar-refractivity contribution in [1.82, 2.24) is 19.7 Å². The third kappa shape index (κ3) is 4.11. The number of hydrogen-bond donors (Lipinski definition) is 0. The summed E-state index contributed by atoms with van der Waals surface area (Å²) in [7, 11) is 0. The number of amides is 1. The fourth-order valence-electron chi connectivity index (χ4n) is 2.75. The second-order valence-corrected chi connectivity index (χ2v) is 5.98. The first kappa shape index (κ1) is 16.9. The van der Waals surface area contributed by atoms with Gasteiger partial charge in [0.1, 0.15) is 25.0 Å². The predicted molar refractivity (Wildman–Crippen MR) is 88.1 cm³/mol. The van der Waals surface area contributed by atoms with Crippen molar-refractivity contribution in [2.75, 3.05) is 13.1 Å². The zero-order chi connectivity index (χ0) is 17.8. The lowest BCUT2D eigenvalue weighted by atomic mass is 10.1. The number of carbonyl (C=O) groups excluding carboxylic acids is 1. The van der Waals surface area contributed by atoms with Crippen LogP contribution in [-0.4, -0.2) is 49.7 Å². The molecule has 0 unspecified atom stereocenters. The summed E-state index contributed by atoms with van der Waals surface area (Å²) in [6.45, 7) is 3.11. The van der Waals surface area contributed by atoms with Crippen LogP contribution in [0.25, 0.3) is 0 Å². The number of rotatable bonds is 5. The zero-order valence-electron chi connectivity index (χ0n) is 13.9. The van der Waals surface area contributed by atoms with Gasteiger partial charge in [-0.15, -0.1) is 0 Å². The van der Waals surface area contributed by atoms with Gasteiger partial charge in [0.2, 0.25) is 11.8 Å². The number of pyridine rings is 1. The van der Waals surface area contributed by atoms with Gasteiger partial charge in [-0.25, -0.2) is 4.98 Å². The minimum Gasteiger partial charge on any atom is -0.474 e. The third-order valence-corrected chi connectivity index (χ3v) is 4.16. The van der Waals surface area contributed by atoms with Crippen LogP contribution >= 0.6 is 0 Å². The Bertz CT molecular complexity index is 767. The number of aryl methyl sites for hydroxylation is 1. The minimum absolute atomic E-state index is 0.00128. The van der Waals surface area contributed by atoms with Crippen LogP contribution in [0.5, 0.6) is 5.88 Å². The Balaban J connectivity index is 1.50. The standard InChI is InChI=1S/C16H19N5O4/c1-12-3-2-6-17-16(12)25-14-4-7-19(8-5-14)15(22)11-20-10-13(9-18-20)21(23)24/h2-3,6,9-10,14H,4-5,7-8,11H2,1H3. The van der Waals surface area contributed by atoms with Crippen LogP contribution in [0.15, 0.2) is 30.7 Å². The number of aromatic nitrogens is 3. The summed E-state index contributed by atoms with van der Waals surface area (Å²) in [4.78, 5) is 28.4. The molecular formula is C16H19N5O4. The lowest BCUT2D eigenvalue weighted by Gasteiger charge is -2.32. The van der Waals surface area contributed by atoms with Crippen molar-refractivity contribution in [3.63, 3.8) is 0 Å². The van der Waals surface area contributed by atoms with Gasteiger partial charge in [0.25, 0.3) is 0 Å². The first-order valence-corrected chi connectivity index (χ1v) is 8.06. The molecule has 0 radical (unpaired) electrons. The van der Waals surface area contributed by atoms with E-state index < -0.39 is 4.92 Å². The van der Waals surface area contributed by atoms with Gasteiger partial charge in [0.15, 0.2) is 0 Å². The van der Waals surface area contributed by atoms with Crippen LogP contribution in [0.1, 0.15) is 18.4 Å². The summed E-state index contributed by atoms with van der Waals surface area (Å²) in [6.07, 6.45) is 5.58. The van der Waals surface area contributed by atoms with E-state index in [1.165, 1.54) is 10.9 Å². The lowest BCUT2D eigenvalue weighted by molar-refractivity contribution is -0.385. The molecule has 25 heavy (non-hydrogen) atoms. The molecule has 3 heterocycles. The largest absolute Gasteiger partial charge is 0.474 e. The average Bonchev–Trinajstić information content (AvgIpc) is 3.06. The van der Waals surface area contributed by atoms with Gasteiger partial charge in [-0.05, 0) is 13.0 Å². The lowest BCUT2D eigenvalue weighted by Crippen LogP contribution is -2.43. The summed E-state index contributed by atoms with van der Waals surface area (Å²) in [6, 6.07) is 3.81. The third-order valence-electron chi connectivity index (χ3n) is 4.16. The van der Waals surface area contributed by atoms with E-state index in [0.717, 1.165) is 24.6 Å². The van der Waals surface area contributed by atoms with E-state index in [9.17, 15) is 14.9 Å². The Labute approximate surface area is 144 Å². The number of ether oxygens (including phenoxy) is 1. The van der Waals surface area contributed by atoms with Gasteiger partial charge in [0.05, 0.1) is 4.92 Å². The Morgan fingerprint density at radius 2 is 2.20 bits per heavy atom. The van der Waals surface area contributed by atoms with Crippen LogP contribution in [0, 0.1) is 17.0 Å². The first-order chi connectivity index (χ1) is 12.0. The molecule has 2 aromatic rings. The molecule has 9 nitrogen and oxygen atoms in total. The number of likely N-dealkylation sites (tertiary alicyclic amines) is 1. The fraction of sp³-hybridized carbons (Fsp3) is 0.438. The average molecular weight is 345 g/mol. The van der Waals surface area contributed by atoms with Crippen molar-refractivity contribution in [2.24, 2.45) is 0 Å². The fourth-order valence-corrected chi connectivity index (χ4v) is 2.75. The summed E-state index contributed by atoms with van der Waals surface area (Å²) in [5.74, 6) is 0.529. The number of nitrogens with zero attached hydrogens (tertiary/aromatic N) is 5. The maximum absolute atomic E-state index is 12.3. The maximum atomic E-state index is 12.3. The Morgan fingerprint density at radius 3 is 2.84 bits per heavy atom. The highest BCUT2D eigenvalue weighted by atomic mass is 16.6. The molecule has 1 amide bonds. The normalized spacial score (nSPS) is 15.2. The van der Waals surface area contributed by atoms with E-state index >= 15 is 0 Å². The first-order valence-electron chi connectivity index (χ1n) is 8.06. The number of piperidine rings is 1. The molecule has 2 aromatic heterocycles. The van der Waals surface area contributed by atoms with Gasteiger partial charge in [-0.3, -0.25) is 19.6 Å². The van der Waals surface area contributed by atoms with Crippen molar-refractivity contribution in [1.29, 1.82) is 0 Å². The molecule has 132 valence electrons. The highest BCUT2D eigenvalue weighted by Crippen LogP contribution is 2.20. The van der Waals surface area contributed by atoms with E-state index in [-0.39, 0.29) is 24.2 Å². The van der Waals surface area contributed by atoms with Crippen LogP contribution in [0.3, 0.4) is 0 Å². The van der Waals surface area contributed by atoms with Crippen molar-refractivity contribution >= 4 is 11.6 Å². The van der Waals surface area contributed by atoms with E-state index in [0.29, 0.717) is 19.0 Å². The predicted octanol–water partition coefficient (Wildman–Crippen LogP) is 1.56. The van der Waals surface area contributed by atoms with Gasteiger partial charge in [0, 0.05) is 37.7 Å². The quantitative estimate of drug-likeness (QED) is 0.602. The molecule has 0 atom stereocenters. The Hall–Kier alpha value is -2.97. The van der Waals surface area contributed by atoms with Gasteiger partial charge < -0.3 is 9.64 Å². The number of hydrogen-bond acceptors (Lipinski definition) is 6. The van der Waals surface area contributed by atoms with Gasteiger partial charge >= 0.3 is 5.69 Å². The van der Waals surface area contributed by atoms with Crippen molar-refractivity contribution in [3.8, 4) is 5.88 Å². The van der Waals surface area contributed by atoms with Crippen molar-refractivity contribution < 1.29 is 14.5 Å². The molecule has 3 rings (SSSR count). The van der Waals surface area contributed by atoms with E-state index in [1.807, 2.05) is 19.1 Å². The summed E-state index contributed by atoms with van der Waals surface area (Å²) in [5, 5.41) is 14.5. The molecule has 0 bridgehead atoms. The molecule has 1 aliphatic rings. The van der Waals surface area contributed by atoms with Crippen LogP contribution in [-0.2, 0) is 11.3 Å². The Kier molecular flexibility index (Phi) is 4.92. The zero-order valence-corrected chi connectivity index (χ0v) is 13.9. The highest BCUT2D eigenvalue weighted by Gasteiger charge is 2.25. The minimum atomic E-state index is -0.531. The van der Waals surface area contributed by atoms with Gasteiger partial charge in [-0.2, -0.15) is 5.10 Å². The summed E-state index contributed by atoms with van der Waals surface area (Å²) in [5.41, 5.74) is 0.868. The van der Waals surface area contributed by atoms with E-state index in [4.69, 9.17) is 4.74 Å². The number of carbonyl (C=O) groups is 1. The Morgan fingerprint density at radius 1 is 1.44 bits per heavy atom. The van der Waals surface area contributed by atoms with E-state index in [2.05, 4.69) is 10.1 Å². The van der Waals surface area contributed by atoms with Crippen LogP contribution in [0.4, 0.5) is 5.69 Å². The SMILES string of the molecule is Cc1cccnc1OC1CCN(C(=O)Cn2cc([N+](=O)[O-])cn2)CC1. The maximum Gasteiger partial charge on any atom is 0.307 e. The highest BCUT2D eigenvalue weighted by molar-refractivity contribution is 5.76. The summed E-state index contributed by atoms with van der Waals surface area (Å²) >= 11 is 0. The molecule has 0 spiro atoms. The van der Waals surface area contributed by atoms with Crippen molar-refractivity contribution in [3.05, 3.63) is 46.4 Å². The molecule has 1 aliphatic heterocycles. The van der Waals surface area contributed by atoms with Crippen LogP contribution < -0.4 is 4.74 Å². The van der Waals surface area contributed by atoms with E-state index in [1.54, 1.807) is 11.1 Å². The molecule has 1 fully saturated rings. The second-order valence-electron chi connectivity index (χ2n) is 5.98. The smallest absolute Gasteiger partial charge is 0.307 e. The van der Waals surface area contributed by atoms with Gasteiger partial charge in [-0.1, -0.05) is 6.07 Å². The van der Waals surface area contributed by atoms with Crippen LogP contribution in [0.2, 0.25) is 0 Å². The molecule has 0 saturated carbocycles. The number of nitro groups is 1. The molecule has 0 N–H and O–H groups in total. The second kappa shape index (κ2) is 7.29.